The summed E-state index contributed by atoms with van der Waals surface area (Å²) in [5.41, 5.74) is 2.87. The van der Waals surface area contributed by atoms with Gasteiger partial charge in [-0.25, -0.2) is 0 Å². The molecule has 0 saturated carbocycles. The molecule has 0 amide bonds. The summed E-state index contributed by atoms with van der Waals surface area (Å²) in [6.07, 6.45) is 5.10. The third-order valence-electron chi connectivity index (χ3n) is 3.20. The molecule has 22 heavy (non-hydrogen) atoms. The minimum Gasteiger partial charge on any atom is -0.334 e. The second kappa shape index (κ2) is 6.52. The molecule has 1 heterocycles. The van der Waals surface area contributed by atoms with Gasteiger partial charge in [-0.3, -0.25) is 4.99 Å². The first-order valence-corrected chi connectivity index (χ1v) is 7.20. The summed E-state index contributed by atoms with van der Waals surface area (Å²) in [6.45, 7) is 12.3. The minimum atomic E-state index is 0.0728. The number of hydrogen-bond acceptors (Lipinski definition) is 4. The van der Waals surface area contributed by atoms with E-state index in [1.54, 1.807) is 18.5 Å². The molecule has 0 bridgehead atoms. The van der Waals surface area contributed by atoms with Gasteiger partial charge in [-0.1, -0.05) is 44.6 Å². The quantitative estimate of drug-likeness (QED) is 0.609. The van der Waals surface area contributed by atoms with Crippen molar-refractivity contribution in [2.45, 2.75) is 33.1 Å². The van der Waals surface area contributed by atoms with Crippen LogP contribution < -0.4 is 0 Å². The molecule has 1 aromatic carbocycles. The van der Waals surface area contributed by atoms with E-state index in [-0.39, 0.29) is 5.41 Å². The lowest BCUT2D eigenvalue weighted by molar-refractivity contribution is 0.428. The van der Waals surface area contributed by atoms with Crippen LogP contribution in [0.2, 0.25) is 0 Å². The lowest BCUT2D eigenvalue weighted by atomic mass is 9.86. The largest absolute Gasteiger partial charge is 0.334 e. The van der Waals surface area contributed by atoms with Crippen LogP contribution in [0.1, 0.15) is 39.1 Å². The Morgan fingerprint density at radius 3 is 2.77 bits per heavy atom. The molecule has 2 rings (SSSR count). The second-order valence-corrected chi connectivity index (χ2v) is 6.00. The first kappa shape index (κ1) is 15.9. The zero-order chi connectivity index (χ0) is 16.2. The molecule has 0 spiro atoms. The molecule has 0 aliphatic rings. The Bertz CT molecular complexity index is 718. The van der Waals surface area contributed by atoms with Crippen LogP contribution in [0.3, 0.4) is 0 Å². The molecule has 1 aromatic heterocycles. The lowest BCUT2D eigenvalue weighted by Gasteiger charge is -2.19. The van der Waals surface area contributed by atoms with E-state index in [9.17, 15) is 0 Å². The predicted octanol–water partition coefficient (Wildman–Crippen LogP) is 4.65. The highest BCUT2D eigenvalue weighted by Gasteiger charge is 2.16. The van der Waals surface area contributed by atoms with Crippen molar-refractivity contribution in [2.75, 3.05) is 0 Å². The Balaban J connectivity index is 2.27. The van der Waals surface area contributed by atoms with Crippen molar-refractivity contribution in [1.29, 1.82) is 0 Å². The van der Waals surface area contributed by atoms with E-state index in [2.05, 4.69) is 54.6 Å². The molecule has 4 heteroatoms. The summed E-state index contributed by atoms with van der Waals surface area (Å²) in [5.74, 6) is 0.966. The Hall–Kier alpha value is -2.49. The fraction of sp³-hybridized carbons (Fsp3) is 0.278. The standard InChI is InChI=1S/C18H21N3O/c1-6-19-11-10-13(2)16-20-17(22-21-16)14-8-7-9-15(12-14)18(3,4)5/h6-12H,2H2,1,3-5H3/b11-10-,19-6?. The zero-order valence-electron chi connectivity index (χ0n) is 13.5. The summed E-state index contributed by atoms with van der Waals surface area (Å²) >= 11 is 0. The number of allylic oxidation sites excluding steroid dienone is 2. The average Bonchev–Trinajstić information content (AvgIpc) is 2.96. The third kappa shape index (κ3) is 3.79. The smallest absolute Gasteiger partial charge is 0.258 e. The summed E-state index contributed by atoms with van der Waals surface area (Å²) < 4.78 is 5.35. The van der Waals surface area contributed by atoms with E-state index in [1.165, 1.54) is 5.56 Å². The first-order chi connectivity index (χ1) is 10.4. The molecule has 0 atom stereocenters. The van der Waals surface area contributed by atoms with Gasteiger partial charge < -0.3 is 4.52 Å². The van der Waals surface area contributed by atoms with Crippen molar-refractivity contribution in [1.82, 2.24) is 10.1 Å². The number of rotatable bonds is 4. The van der Waals surface area contributed by atoms with Gasteiger partial charge in [0.2, 0.25) is 5.82 Å². The number of aliphatic imine (C=N–C) groups is 1. The van der Waals surface area contributed by atoms with E-state index >= 15 is 0 Å². The summed E-state index contributed by atoms with van der Waals surface area (Å²) in [4.78, 5) is 8.39. The van der Waals surface area contributed by atoms with Crippen molar-refractivity contribution in [3.05, 3.63) is 54.5 Å². The van der Waals surface area contributed by atoms with E-state index in [0.29, 0.717) is 17.3 Å². The molecule has 0 radical (unpaired) electrons. The van der Waals surface area contributed by atoms with Gasteiger partial charge in [0.05, 0.1) is 0 Å². The number of nitrogens with zero attached hydrogens (tertiary/aromatic N) is 3. The summed E-state index contributed by atoms with van der Waals surface area (Å²) in [7, 11) is 0. The zero-order valence-corrected chi connectivity index (χ0v) is 13.5. The molecule has 114 valence electrons. The van der Waals surface area contributed by atoms with Crippen LogP contribution in [0.15, 0.2) is 52.6 Å². The Morgan fingerprint density at radius 1 is 1.32 bits per heavy atom. The van der Waals surface area contributed by atoms with Crippen LogP contribution in [-0.2, 0) is 5.41 Å². The van der Waals surface area contributed by atoms with Gasteiger partial charge in [0, 0.05) is 23.6 Å². The topological polar surface area (TPSA) is 51.3 Å². The third-order valence-corrected chi connectivity index (χ3v) is 3.20. The number of hydrogen-bond donors (Lipinski definition) is 0. The molecule has 2 aromatic rings. The van der Waals surface area contributed by atoms with Crippen LogP contribution in [0, 0.1) is 0 Å². The molecular weight excluding hydrogens is 274 g/mol. The van der Waals surface area contributed by atoms with Crippen molar-refractivity contribution >= 4 is 11.8 Å². The Labute approximate surface area is 131 Å². The maximum Gasteiger partial charge on any atom is 0.258 e. The highest BCUT2D eigenvalue weighted by Crippen LogP contribution is 2.27. The monoisotopic (exact) mass is 295 g/mol. The molecular formula is C18H21N3O. The van der Waals surface area contributed by atoms with Crippen LogP contribution in [0.4, 0.5) is 0 Å². The molecule has 4 nitrogen and oxygen atoms in total. The lowest BCUT2D eigenvalue weighted by Crippen LogP contribution is -2.10. The van der Waals surface area contributed by atoms with Crippen molar-refractivity contribution < 1.29 is 4.52 Å². The molecule has 0 aliphatic heterocycles. The number of benzene rings is 1. The molecule has 0 aliphatic carbocycles. The average molecular weight is 295 g/mol. The van der Waals surface area contributed by atoms with Gasteiger partial charge in [-0.2, -0.15) is 4.98 Å². The molecule has 0 saturated heterocycles. The predicted molar refractivity (Wildman–Crippen MR) is 90.8 cm³/mol. The van der Waals surface area contributed by atoms with Crippen molar-refractivity contribution in [2.24, 2.45) is 4.99 Å². The first-order valence-electron chi connectivity index (χ1n) is 7.20. The Morgan fingerprint density at radius 2 is 2.09 bits per heavy atom. The fourth-order valence-corrected chi connectivity index (χ4v) is 1.88. The SMILES string of the molecule is C=C(/C=C\N=CC)c1noc(-c2cccc(C(C)(C)C)c2)n1. The van der Waals surface area contributed by atoms with Crippen LogP contribution in [0.5, 0.6) is 0 Å². The van der Waals surface area contributed by atoms with E-state index in [0.717, 1.165) is 5.56 Å². The maximum atomic E-state index is 5.35. The van der Waals surface area contributed by atoms with Gasteiger partial charge in [0.1, 0.15) is 0 Å². The van der Waals surface area contributed by atoms with Gasteiger partial charge in [0.25, 0.3) is 5.89 Å². The fourth-order valence-electron chi connectivity index (χ4n) is 1.88. The second-order valence-electron chi connectivity index (χ2n) is 6.00. The van der Waals surface area contributed by atoms with Gasteiger partial charge in [0.15, 0.2) is 0 Å². The number of aromatic nitrogens is 2. The van der Waals surface area contributed by atoms with E-state index in [1.807, 2.05) is 19.1 Å². The van der Waals surface area contributed by atoms with Gasteiger partial charge >= 0.3 is 0 Å². The molecule has 0 fully saturated rings. The van der Waals surface area contributed by atoms with Crippen LogP contribution in [0.25, 0.3) is 17.0 Å². The molecule has 0 N–H and O–H groups in total. The summed E-state index contributed by atoms with van der Waals surface area (Å²) in [6, 6.07) is 8.15. The normalized spacial score (nSPS) is 12.4. The van der Waals surface area contributed by atoms with Crippen molar-refractivity contribution in [3.63, 3.8) is 0 Å². The van der Waals surface area contributed by atoms with Gasteiger partial charge in [-0.05, 0) is 36.1 Å². The van der Waals surface area contributed by atoms with Crippen molar-refractivity contribution in [3.8, 4) is 11.5 Å². The van der Waals surface area contributed by atoms with E-state index in [4.69, 9.17) is 4.52 Å². The summed E-state index contributed by atoms with van der Waals surface area (Å²) in [5, 5.41) is 3.97. The van der Waals surface area contributed by atoms with Gasteiger partial charge in [-0.15, -0.1) is 0 Å². The maximum absolute atomic E-state index is 5.35. The Kier molecular flexibility index (Phi) is 4.71. The van der Waals surface area contributed by atoms with Crippen LogP contribution in [-0.4, -0.2) is 16.4 Å². The highest BCUT2D eigenvalue weighted by atomic mass is 16.5. The van der Waals surface area contributed by atoms with Crippen LogP contribution >= 0.6 is 0 Å². The minimum absolute atomic E-state index is 0.0728. The highest BCUT2D eigenvalue weighted by molar-refractivity contribution is 5.68. The van der Waals surface area contributed by atoms with E-state index < -0.39 is 0 Å². The molecule has 0 unspecified atom stereocenters.